The Balaban J connectivity index is 2.90. The summed E-state index contributed by atoms with van der Waals surface area (Å²) in [6.07, 6.45) is 0. The smallest absolute Gasteiger partial charge is 0.127 e. The monoisotopic (exact) mass is 199 g/mol. The second-order valence-corrected chi connectivity index (χ2v) is 2.99. The van der Waals surface area contributed by atoms with E-state index in [0.717, 1.165) is 0 Å². The van der Waals surface area contributed by atoms with Gasteiger partial charge in [0.05, 0.1) is 19.8 Å². The van der Waals surface area contributed by atoms with Crippen LogP contribution in [-0.2, 0) is 4.74 Å². The summed E-state index contributed by atoms with van der Waals surface area (Å²) in [5.74, 6) is 0.109. The van der Waals surface area contributed by atoms with Crippen LogP contribution in [-0.4, -0.2) is 20.8 Å². The summed E-state index contributed by atoms with van der Waals surface area (Å²) in [6, 6.07) is 4.06. The van der Waals surface area contributed by atoms with Crippen LogP contribution in [0.15, 0.2) is 18.2 Å². The largest absolute Gasteiger partial charge is 0.497 e. The van der Waals surface area contributed by atoms with Gasteiger partial charge in [-0.25, -0.2) is 4.39 Å². The van der Waals surface area contributed by atoms with E-state index in [2.05, 4.69) is 0 Å². The molecular weight excluding hydrogens is 185 g/mol. The number of rotatable bonds is 4. The topological polar surface area (TPSA) is 44.5 Å². The summed E-state index contributed by atoms with van der Waals surface area (Å²) in [5, 5.41) is 0. The number of hydrogen-bond donors (Lipinski definition) is 1. The third-order valence-electron chi connectivity index (χ3n) is 1.90. The predicted octanol–water partition coefficient (Wildman–Crippen LogP) is 1.48. The van der Waals surface area contributed by atoms with Crippen molar-refractivity contribution >= 4 is 0 Å². The van der Waals surface area contributed by atoms with Gasteiger partial charge >= 0.3 is 0 Å². The van der Waals surface area contributed by atoms with Crippen molar-refractivity contribution in [2.24, 2.45) is 5.73 Å². The van der Waals surface area contributed by atoms with Crippen LogP contribution >= 0.6 is 0 Å². The summed E-state index contributed by atoms with van der Waals surface area (Å²) in [7, 11) is 3.04. The van der Waals surface area contributed by atoms with E-state index in [1.54, 1.807) is 13.2 Å². The molecule has 0 amide bonds. The Bertz CT molecular complexity index is 304. The molecule has 1 atom stereocenters. The van der Waals surface area contributed by atoms with E-state index in [-0.39, 0.29) is 11.9 Å². The number of halogens is 1. The summed E-state index contributed by atoms with van der Waals surface area (Å²) < 4.78 is 22.8. The molecule has 4 heteroatoms. The van der Waals surface area contributed by atoms with Crippen LogP contribution in [0, 0.1) is 5.82 Å². The lowest BCUT2D eigenvalue weighted by Gasteiger charge is -2.12. The van der Waals surface area contributed by atoms with Gasteiger partial charge < -0.3 is 15.2 Å². The average Bonchev–Trinajstić information content (AvgIpc) is 2.17. The molecule has 0 saturated carbocycles. The molecule has 0 aliphatic rings. The maximum Gasteiger partial charge on any atom is 0.127 e. The minimum atomic E-state index is -0.356. The molecule has 78 valence electrons. The fraction of sp³-hybridized carbons (Fsp3) is 0.400. The lowest BCUT2D eigenvalue weighted by Crippen LogP contribution is -2.16. The van der Waals surface area contributed by atoms with Crippen LogP contribution in [0.4, 0.5) is 4.39 Å². The molecule has 1 aromatic rings. The molecule has 14 heavy (non-hydrogen) atoms. The molecule has 0 heterocycles. The lowest BCUT2D eigenvalue weighted by molar-refractivity contribution is 0.180. The summed E-state index contributed by atoms with van der Waals surface area (Å²) in [6.45, 7) is 0.354. The van der Waals surface area contributed by atoms with Gasteiger partial charge in [-0.05, 0) is 17.7 Å². The first-order chi connectivity index (χ1) is 6.67. The van der Waals surface area contributed by atoms with Crippen LogP contribution in [0.25, 0.3) is 0 Å². The molecule has 0 bridgehead atoms. The molecule has 0 fully saturated rings. The van der Waals surface area contributed by atoms with Crippen LogP contribution in [0.5, 0.6) is 5.75 Å². The molecule has 0 aromatic heterocycles. The molecule has 0 spiro atoms. The molecule has 2 N–H and O–H groups in total. The highest BCUT2D eigenvalue weighted by Crippen LogP contribution is 2.20. The standard InChI is InChI=1S/C10H14FNO2/c1-13-6-10(12)7-3-8(11)5-9(4-7)14-2/h3-5,10H,6,12H2,1-2H3/t10-/m0/s1. The van der Waals surface area contributed by atoms with Crippen molar-refractivity contribution in [1.29, 1.82) is 0 Å². The fourth-order valence-corrected chi connectivity index (χ4v) is 1.19. The van der Waals surface area contributed by atoms with Crippen molar-refractivity contribution in [3.8, 4) is 5.75 Å². The highest BCUT2D eigenvalue weighted by molar-refractivity contribution is 5.31. The quantitative estimate of drug-likeness (QED) is 0.798. The predicted molar refractivity (Wildman–Crippen MR) is 51.8 cm³/mol. The molecule has 1 aromatic carbocycles. The SMILES string of the molecule is COC[C@H](N)c1cc(F)cc(OC)c1. The van der Waals surface area contributed by atoms with E-state index in [9.17, 15) is 4.39 Å². The minimum Gasteiger partial charge on any atom is -0.497 e. The van der Waals surface area contributed by atoms with Crippen LogP contribution in [0.3, 0.4) is 0 Å². The Morgan fingerprint density at radius 3 is 2.64 bits per heavy atom. The van der Waals surface area contributed by atoms with E-state index in [4.69, 9.17) is 15.2 Å². The van der Waals surface area contributed by atoms with Crippen molar-refractivity contribution in [1.82, 2.24) is 0 Å². The lowest BCUT2D eigenvalue weighted by atomic mass is 10.1. The van der Waals surface area contributed by atoms with E-state index < -0.39 is 0 Å². The second-order valence-electron chi connectivity index (χ2n) is 2.99. The van der Waals surface area contributed by atoms with Crippen molar-refractivity contribution < 1.29 is 13.9 Å². The van der Waals surface area contributed by atoms with E-state index in [1.807, 2.05) is 0 Å². The van der Waals surface area contributed by atoms with Crippen LogP contribution < -0.4 is 10.5 Å². The summed E-state index contributed by atoms with van der Waals surface area (Å²) >= 11 is 0. The maximum absolute atomic E-state index is 13.0. The molecule has 0 unspecified atom stereocenters. The number of ether oxygens (including phenoxy) is 2. The molecule has 1 rings (SSSR count). The maximum atomic E-state index is 13.0. The number of hydrogen-bond acceptors (Lipinski definition) is 3. The van der Waals surface area contributed by atoms with Gasteiger partial charge in [0, 0.05) is 13.2 Å². The Kier molecular flexibility index (Phi) is 3.85. The number of benzene rings is 1. The highest BCUT2D eigenvalue weighted by atomic mass is 19.1. The zero-order chi connectivity index (χ0) is 10.6. The zero-order valence-corrected chi connectivity index (χ0v) is 8.29. The fourth-order valence-electron chi connectivity index (χ4n) is 1.19. The van der Waals surface area contributed by atoms with Gasteiger partial charge in [-0.2, -0.15) is 0 Å². The Morgan fingerprint density at radius 2 is 2.07 bits per heavy atom. The van der Waals surface area contributed by atoms with Crippen molar-refractivity contribution in [3.05, 3.63) is 29.6 Å². The molecule has 0 radical (unpaired) electrons. The van der Waals surface area contributed by atoms with Gasteiger partial charge in [-0.1, -0.05) is 0 Å². The third kappa shape index (κ3) is 2.68. The third-order valence-corrected chi connectivity index (χ3v) is 1.90. The number of nitrogens with two attached hydrogens (primary N) is 1. The first-order valence-corrected chi connectivity index (χ1v) is 4.26. The van der Waals surface area contributed by atoms with E-state index >= 15 is 0 Å². The number of methoxy groups -OCH3 is 2. The Labute approximate surface area is 82.6 Å². The zero-order valence-electron chi connectivity index (χ0n) is 8.29. The van der Waals surface area contributed by atoms with Gasteiger partial charge in [-0.3, -0.25) is 0 Å². The molecule has 0 aliphatic carbocycles. The summed E-state index contributed by atoms with van der Waals surface area (Å²) in [5.41, 5.74) is 6.42. The van der Waals surface area contributed by atoms with E-state index in [0.29, 0.717) is 17.9 Å². The minimum absolute atomic E-state index is 0.329. The Morgan fingerprint density at radius 1 is 1.36 bits per heavy atom. The van der Waals surface area contributed by atoms with Gasteiger partial charge in [-0.15, -0.1) is 0 Å². The van der Waals surface area contributed by atoms with Gasteiger partial charge in [0.25, 0.3) is 0 Å². The van der Waals surface area contributed by atoms with Crippen LogP contribution in [0.2, 0.25) is 0 Å². The van der Waals surface area contributed by atoms with Gasteiger partial charge in [0.15, 0.2) is 0 Å². The normalized spacial score (nSPS) is 12.6. The molecule has 0 saturated heterocycles. The summed E-state index contributed by atoms with van der Waals surface area (Å²) in [4.78, 5) is 0. The van der Waals surface area contributed by atoms with Crippen molar-refractivity contribution in [3.63, 3.8) is 0 Å². The van der Waals surface area contributed by atoms with Crippen molar-refractivity contribution in [2.45, 2.75) is 6.04 Å². The second kappa shape index (κ2) is 4.93. The van der Waals surface area contributed by atoms with Gasteiger partial charge in [0.2, 0.25) is 0 Å². The Hall–Kier alpha value is -1.13. The first kappa shape index (κ1) is 10.9. The van der Waals surface area contributed by atoms with E-state index in [1.165, 1.54) is 19.2 Å². The average molecular weight is 199 g/mol. The van der Waals surface area contributed by atoms with Crippen molar-refractivity contribution in [2.75, 3.05) is 20.8 Å². The first-order valence-electron chi connectivity index (χ1n) is 4.26. The molecule has 0 aliphatic heterocycles. The molecule has 3 nitrogen and oxygen atoms in total. The van der Waals surface area contributed by atoms with Crippen LogP contribution in [0.1, 0.15) is 11.6 Å². The highest BCUT2D eigenvalue weighted by Gasteiger charge is 2.08. The molecular formula is C10H14FNO2. The van der Waals surface area contributed by atoms with Gasteiger partial charge in [0.1, 0.15) is 11.6 Å².